The first-order valence-corrected chi connectivity index (χ1v) is 20.2. The third-order valence-electron chi connectivity index (χ3n) is 12.8. The summed E-state index contributed by atoms with van der Waals surface area (Å²) in [7, 11) is 0. The van der Waals surface area contributed by atoms with Crippen molar-refractivity contribution in [3.8, 4) is 28.2 Å². The molecule has 0 saturated heterocycles. The van der Waals surface area contributed by atoms with E-state index < -0.39 is 0 Å². The molecule has 0 saturated carbocycles. The average Bonchev–Trinajstić information content (AvgIpc) is 3.87. The number of nitrogens with zero attached hydrogens (tertiary/aromatic N) is 3. The minimum Gasteiger partial charge on any atom is -0.309 e. The second kappa shape index (κ2) is 12.2. The number of allylic oxidation sites excluding steroid dienone is 12. The Balaban J connectivity index is 1.09. The van der Waals surface area contributed by atoms with Crippen molar-refractivity contribution in [1.29, 1.82) is 0 Å². The summed E-state index contributed by atoms with van der Waals surface area (Å²) in [6, 6.07) is 43.3. The van der Waals surface area contributed by atoms with Gasteiger partial charge in [-0.1, -0.05) is 134 Å². The van der Waals surface area contributed by atoms with E-state index >= 15 is 0 Å². The van der Waals surface area contributed by atoms with Crippen LogP contribution in [-0.4, -0.2) is 14.5 Å². The third-order valence-corrected chi connectivity index (χ3v) is 12.8. The topological polar surface area (TPSA) is 30.7 Å². The monoisotopic (exact) mass is 717 g/mol. The summed E-state index contributed by atoms with van der Waals surface area (Å²) in [4.78, 5) is 10.5. The van der Waals surface area contributed by atoms with E-state index in [2.05, 4.69) is 175 Å². The van der Waals surface area contributed by atoms with Crippen molar-refractivity contribution in [1.82, 2.24) is 14.5 Å². The van der Waals surface area contributed by atoms with Gasteiger partial charge < -0.3 is 4.57 Å². The zero-order valence-corrected chi connectivity index (χ0v) is 31.1. The number of rotatable bonds is 4. The van der Waals surface area contributed by atoms with E-state index in [-0.39, 0.29) is 11.3 Å². The van der Waals surface area contributed by atoms with Crippen LogP contribution in [0.25, 0.3) is 61.2 Å². The number of benzene rings is 5. The standard InChI is InChI=1S/C53H39N3/c1-3-16-34(17-4-1)48-33-49(35-18-5-2-6-19-35)55-52(54-48)36-20-15-21-37(30-36)56-50-29-14-10-25-41(50)43-31-42-40-24-9-13-28-46(40)53(47(42)32-51(43)56)44-26-11-7-22-38(44)39-23-8-12-27-45(39)53/h1,3-5,7,9-16,18-22,24-34H,2,6,8,17,23H2. The number of hydrogen-bond donors (Lipinski definition) is 0. The van der Waals surface area contributed by atoms with Crippen molar-refractivity contribution in [3.63, 3.8) is 0 Å². The summed E-state index contributed by atoms with van der Waals surface area (Å²) in [5, 5.41) is 2.53. The molecule has 12 rings (SSSR count). The molecule has 266 valence electrons. The van der Waals surface area contributed by atoms with E-state index in [0.717, 1.165) is 60.6 Å². The Labute approximate surface area is 327 Å². The predicted molar refractivity (Wildman–Crippen MR) is 231 cm³/mol. The fourth-order valence-corrected chi connectivity index (χ4v) is 10.4. The van der Waals surface area contributed by atoms with Crippen LogP contribution in [0.1, 0.15) is 71.7 Å². The minimum atomic E-state index is -0.359. The van der Waals surface area contributed by atoms with E-state index in [1.807, 2.05) is 0 Å². The summed E-state index contributed by atoms with van der Waals surface area (Å²) < 4.78 is 2.48. The molecule has 0 radical (unpaired) electrons. The van der Waals surface area contributed by atoms with Gasteiger partial charge in [-0.15, -0.1) is 0 Å². The first-order valence-electron chi connectivity index (χ1n) is 20.2. The second-order valence-corrected chi connectivity index (χ2v) is 15.8. The summed E-state index contributed by atoms with van der Waals surface area (Å²) in [6.07, 6.45) is 25.6. The number of aromatic nitrogens is 3. The van der Waals surface area contributed by atoms with Crippen LogP contribution >= 0.6 is 0 Å². The Kier molecular flexibility index (Phi) is 6.92. The van der Waals surface area contributed by atoms with Gasteiger partial charge in [-0.25, -0.2) is 9.97 Å². The summed E-state index contributed by atoms with van der Waals surface area (Å²) >= 11 is 0. The Bertz CT molecular complexity index is 3010. The number of hydrogen-bond acceptors (Lipinski definition) is 2. The van der Waals surface area contributed by atoms with Gasteiger partial charge in [-0.3, -0.25) is 0 Å². The van der Waals surface area contributed by atoms with Gasteiger partial charge in [0, 0.05) is 27.9 Å². The smallest absolute Gasteiger partial charge is 0.160 e. The number of para-hydroxylation sites is 1. The van der Waals surface area contributed by atoms with E-state index in [9.17, 15) is 0 Å². The van der Waals surface area contributed by atoms with Crippen molar-refractivity contribution in [2.75, 3.05) is 0 Å². The zero-order valence-electron chi connectivity index (χ0n) is 31.1. The van der Waals surface area contributed by atoms with Crippen molar-refractivity contribution < 1.29 is 0 Å². The van der Waals surface area contributed by atoms with E-state index in [0.29, 0.717) is 0 Å². The Hall–Kier alpha value is -6.58. The molecular formula is C53H39N3. The molecule has 0 aliphatic heterocycles. The highest BCUT2D eigenvalue weighted by atomic mass is 15.0. The lowest BCUT2D eigenvalue weighted by atomic mass is 9.69. The van der Waals surface area contributed by atoms with Crippen LogP contribution in [0.4, 0.5) is 0 Å². The van der Waals surface area contributed by atoms with E-state index in [4.69, 9.17) is 9.97 Å². The lowest BCUT2D eigenvalue weighted by molar-refractivity contribution is 0.781. The van der Waals surface area contributed by atoms with Gasteiger partial charge in [0.05, 0.1) is 27.8 Å². The molecule has 2 atom stereocenters. The Morgan fingerprint density at radius 3 is 2.32 bits per heavy atom. The SMILES string of the molecule is C1=CCC(c2cc(C3=CCCC=C3)nc(-c3cccc(-n4c5ccccc5c5cc6c(cc54)C4(C5=C(CCC=C5)c5ccccc54)c4ccccc4-6)c3)n2)C=C1. The van der Waals surface area contributed by atoms with Gasteiger partial charge in [0.1, 0.15) is 0 Å². The van der Waals surface area contributed by atoms with Gasteiger partial charge in [-0.2, -0.15) is 0 Å². The zero-order chi connectivity index (χ0) is 36.8. The molecule has 7 aromatic rings. The molecule has 2 aromatic heterocycles. The van der Waals surface area contributed by atoms with Gasteiger partial charge in [0.2, 0.25) is 0 Å². The molecule has 5 aromatic carbocycles. The van der Waals surface area contributed by atoms with Gasteiger partial charge in [0.15, 0.2) is 5.82 Å². The molecule has 1 spiro atoms. The lowest BCUT2D eigenvalue weighted by Crippen LogP contribution is -2.27. The molecule has 5 aliphatic rings. The van der Waals surface area contributed by atoms with Crippen LogP contribution in [0.5, 0.6) is 0 Å². The fourth-order valence-electron chi connectivity index (χ4n) is 10.4. The quantitative estimate of drug-likeness (QED) is 0.181. The first-order chi connectivity index (χ1) is 27.8. The summed E-state index contributed by atoms with van der Waals surface area (Å²) in [5.41, 5.74) is 18.6. The van der Waals surface area contributed by atoms with Gasteiger partial charge in [-0.05, 0) is 119 Å². The normalized spacial score (nSPS) is 20.1. The lowest BCUT2D eigenvalue weighted by Gasteiger charge is -2.32. The molecule has 3 nitrogen and oxygen atoms in total. The molecule has 3 heteroatoms. The maximum absolute atomic E-state index is 5.28. The van der Waals surface area contributed by atoms with Crippen LogP contribution in [0.2, 0.25) is 0 Å². The van der Waals surface area contributed by atoms with Crippen LogP contribution in [0, 0.1) is 0 Å². The van der Waals surface area contributed by atoms with Crippen molar-refractivity contribution in [2.45, 2.75) is 43.4 Å². The second-order valence-electron chi connectivity index (χ2n) is 15.8. The predicted octanol–water partition coefficient (Wildman–Crippen LogP) is 13.0. The molecule has 5 aliphatic carbocycles. The molecular weight excluding hydrogens is 679 g/mol. The van der Waals surface area contributed by atoms with Gasteiger partial charge >= 0.3 is 0 Å². The van der Waals surface area contributed by atoms with E-state index in [1.54, 1.807) is 0 Å². The van der Waals surface area contributed by atoms with Crippen LogP contribution < -0.4 is 0 Å². The highest BCUT2D eigenvalue weighted by Gasteiger charge is 2.52. The Morgan fingerprint density at radius 1 is 0.607 bits per heavy atom. The van der Waals surface area contributed by atoms with Crippen molar-refractivity contribution >= 4 is 33.0 Å². The minimum absolute atomic E-state index is 0.225. The molecule has 0 fully saturated rings. The highest BCUT2D eigenvalue weighted by molar-refractivity contribution is 6.12. The van der Waals surface area contributed by atoms with Crippen LogP contribution in [0.3, 0.4) is 0 Å². The molecule has 0 amide bonds. The number of fused-ring (bicyclic) bond motifs is 12. The molecule has 0 bridgehead atoms. The maximum Gasteiger partial charge on any atom is 0.160 e. The fraction of sp³-hybridized carbons (Fsp3) is 0.132. The average molecular weight is 718 g/mol. The van der Waals surface area contributed by atoms with Crippen LogP contribution in [0.15, 0.2) is 176 Å². The summed E-state index contributed by atoms with van der Waals surface area (Å²) in [5.74, 6) is 0.993. The molecule has 2 unspecified atom stereocenters. The third kappa shape index (κ3) is 4.46. The molecule has 56 heavy (non-hydrogen) atoms. The maximum atomic E-state index is 5.28. The van der Waals surface area contributed by atoms with Crippen molar-refractivity contribution in [2.24, 2.45) is 0 Å². The largest absolute Gasteiger partial charge is 0.309 e. The van der Waals surface area contributed by atoms with Crippen LogP contribution in [-0.2, 0) is 5.41 Å². The van der Waals surface area contributed by atoms with Gasteiger partial charge in [0.25, 0.3) is 0 Å². The molecule has 2 heterocycles. The van der Waals surface area contributed by atoms with Crippen molar-refractivity contribution in [3.05, 3.63) is 209 Å². The highest BCUT2D eigenvalue weighted by Crippen LogP contribution is 2.64. The van der Waals surface area contributed by atoms with E-state index in [1.165, 1.54) is 71.9 Å². The Morgan fingerprint density at radius 2 is 1.45 bits per heavy atom. The summed E-state index contributed by atoms with van der Waals surface area (Å²) in [6.45, 7) is 0. The molecule has 0 N–H and O–H groups in total. The first kappa shape index (κ1) is 31.7.